The summed E-state index contributed by atoms with van der Waals surface area (Å²) in [7, 11) is 0. The normalized spacial score (nSPS) is 30.6. The van der Waals surface area contributed by atoms with E-state index in [1.54, 1.807) is 0 Å². The molecule has 0 heterocycles. The van der Waals surface area contributed by atoms with Gasteiger partial charge in [-0.15, -0.1) is 0 Å². The van der Waals surface area contributed by atoms with Crippen LogP contribution in [0.15, 0.2) is 28.7 Å². The van der Waals surface area contributed by atoms with Gasteiger partial charge in [-0.3, -0.25) is 0 Å². The number of rotatable bonds is 3. The minimum atomic E-state index is -0.355. The fourth-order valence-corrected chi connectivity index (χ4v) is 3.77. The van der Waals surface area contributed by atoms with Crippen LogP contribution < -0.4 is 5.32 Å². The van der Waals surface area contributed by atoms with Crippen LogP contribution in [0.5, 0.6) is 0 Å². The number of nitriles is 1. The molecular formula is C16H19BrN2. The van der Waals surface area contributed by atoms with E-state index in [0.717, 1.165) is 34.8 Å². The maximum Gasteiger partial charge on any atom is 0.125 e. The van der Waals surface area contributed by atoms with Crippen LogP contribution in [-0.4, -0.2) is 5.54 Å². The first-order chi connectivity index (χ1) is 9.21. The van der Waals surface area contributed by atoms with Crippen LogP contribution in [0.4, 0.5) is 5.69 Å². The van der Waals surface area contributed by atoms with Crippen LogP contribution in [0.3, 0.4) is 0 Å². The zero-order valence-corrected chi connectivity index (χ0v) is 12.6. The fraction of sp³-hybridized carbons (Fsp3) is 0.562. The van der Waals surface area contributed by atoms with E-state index < -0.39 is 0 Å². The largest absolute Gasteiger partial charge is 0.367 e. The molecule has 1 N–H and O–H groups in total. The average molecular weight is 319 g/mol. The molecule has 0 radical (unpaired) electrons. The molecule has 19 heavy (non-hydrogen) atoms. The summed E-state index contributed by atoms with van der Waals surface area (Å²) in [6, 6.07) is 10.7. The van der Waals surface area contributed by atoms with Gasteiger partial charge in [0.2, 0.25) is 0 Å². The van der Waals surface area contributed by atoms with Gasteiger partial charge in [0.25, 0.3) is 0 Å². The SMILES string of the molecule is N#CC1(Nc2cccc(Br)c2)CCCC(C2CC2)C1. The second-order valence-electron chi connectivity index (χ2n) is 6.02. The third-order valence-electron chi connectivity index (χ3n) is 4.50. The number of nitrogens with zero attached hydrogens (tertiary/aromatic N) is 1. The van der Waals surface area contributed by atoms with E-state index in [1.807, 2.05) is 18.2 Å². The van der Waals surface area contributed by atoms with Crippen molar-refractivity contribution in [2.24, 2.45) is 11.8 Å². The maximum atomic E-state index is 9.67. The fourth-order valence-electron chi connectivity index (χ4n) is 3.37. The Balaban J connectivity index is 1.77. The Bertz CT molecular complexity index is 504. The molecule has 2 unspecified atom stereocenters. The molecule has 2 aliphatic carbocycles. The second kappa shape index (κ2) is 5.17. The Morgan fingerprint density at radius 1 is 1.26 bits per heavy atom. The molecule has 1 aromatic carbocycles. The van der Waals surface area contributed by atoms with E-state index in [1.165, 1.54) is 25.7 Å². The molecule has 0 bridgehead atoms. The van der Waals surface area contributed by atoms with Gasteiger partial charge in [0.1, 0.15) is 5.54 Å². The lowest BCUT2D eigenvalue weighted by molar-refractivity contribution is 0.263. The molecule has 2 fully saturated rings. The molecule has 2 atom stereocenters. The Labute approximate surface area is 123 Å². The summed E-state index contributed by atoms with van der Waals surface area (Å²) < 4.78 is 1.06. The summed E-state index contributed by atoms with van der Waals surface area (Å²) in [4.78, 5) is 0. The first kappa shape index (κ1) is 13.0. The van der Waals surface area contributed by atoms with Gasteiger partial charge in [-0.05, 0) is 68.6 Å². The van der Waals surface area contributed by atoms with Gasteiger partial charge in [0.15, 0.2) is 0 Å². The molecule has 100 valence electrons. The van der Waals surface area contributed by atoms with Crippen LogP contribution in [-0.2, 0) is 0 Å². The number of anilines is 1. The van der Waals surface area contributed by atoms with Gasteiger partial charge < -0.3 is 5.32 Å². The van der Waals surface area contributed by atoms with Gasteiger partial charge in [0.05, 0.1) is 6.07 Å². The minimum Gasteiger partial charge on any atom is -0.367 e. The van der Waals surface area contributed by atoms with Gasteiger partial charge in [-0.25, -0.2) is 0 Å². The van der Waals surface area contributed by atoms with Crippen LogP contribution >= 0.6 is 15.9 Å². The Morgan fingerprint density at radius 2 is 2.11 bits per heavy atom. The molecule has 0 spiro atoms. The van der Waals surface area contributed by atoms with Crippen molar-refractivity contribution in [3.63, 3.8) is 0 Å². The molecular weight excluding hydrogens is 300 g/mol. The summed E-state index contributed by atoms with van der Waals surface area (Å²) in [5, 5.41) is 13.2. The van der Waals surface area contributed by atoms with Crippen molar-refractivity contribution in [1.82, 2.24) is 0 Å². The van der Waals surface area contributed by atoms with E-state index in [2.05, 4.69) is 33.4 Å². The van der Waals surface area contributed by atoms with E-state index in [9.17, 15) is 5.26 Å². The maximum absolute atomic E-state index is 9.67. The molecule has 2 aliphatic rings. The lowest BCUT2D eigenvalue weighted by Gasteiger charge is -2.37. The predicted molar refractivity (Wildman–Crippen MR) is 80.8 cm³/mol. The number of benzene rings is 1. The quantitative estimate of drug-likeness (QED) is 0.875. The number of hydrogen-bond acceptors (Lipinski definition) is 2. The van der Waals surface area contributed by atoms with E-state index in [4.69, 9.17) is 0 Å². The average Bonchev–Trinajstić information content (AvgIpc) is 3.23. The van der Waals surface area contributed by atoms with Crippen molar-refractivity contribution < 1.29 is 0 Å². The summed E-state index contributed by atoms with van der Waals surface area (Å²) in [5.74, 6) is 1.66. The van der Waals surface area contributed by atoms with Gasteiger partial charge in [0, 0.05) is 10.2 Å². The molecule has 2 saturated carbocycles. The van der Waals surface area contributed by atoms with Crippen LogP contribution in [0, 0.1) is 23.2 Å². The summed E-state index contributed by atoms with van der Waals surface area (Å²) >= 11 is 3.49. The summed E-state index contributed by atoms with van der Waals surface area (Å²) in [5.41, 5.74) is 0.694. The second-order valence-corrected chi connectivity index (χ2v) is 6.94. The van der Waals surface area contributed by atoms with Gasteiger partial charge >= 0.3 is 0 Å². The van der Waals surface area contributed by atoms with Crippen LogP contribution in [0.1, 0.15) is 38.5 Å². The van der Waals surface area contributed by atoms with Crippen LogP contribution in [0.2, 0.25) is 0 Å². The van der Waals surface area contributed by atoms with Crippen LogP contribution in [0.25, 0.3) is 0 Å². The van der Waals surface area contributed by atoms with Crippen molar-refractivity contribution in [2.75, 3.05) is 5.32 Å². The molecule has 3 heteroatoms. The van der Waals surface area contributed by atoms with Crippen molar-refractivity contribution in [3.8, 4) is 6.07 Å². The molecule has 0 aliphatic heterocycles. The Hall–Kier alpha value is -1.01. The summed E-state index contributed by atoms with van der Waals surface area (Å²) in [6.07, 6.45) is 7.23. The lowest BCUT2D eigenvalue weighted by Crippen LogP contribution is -2.42. The lowest BCUT2D eigenvalue weighted by atomic mass is 9.74. The van der Waals surface area contributed by atoms with E-state index in [0.29, 0.717) is 0 Å². The zero-order chi connectivity index (χ0) is 13.3. The van der Waals surface area contributed by atoms with Crippen molar-refractivity contribution >= 4 is 21.6 Å². The van der Waals surface area contributed by atoms with E-state index in [-0.39, 0.29) is 5.54 Å². The van der Waals surface area contributed by atoms with Crippen molar-refractivity contribution in [1.29, 1.82) is 5.26 Å². The third-order valence-corrected chi connectivity index (χ3v) is 4.99. The molecule has 1 aromatic rings. The highest BCUT2D eigenvalue weighted by atomic mass is 79.9. The van der Waals surface area contributed by atoms with Crippen molar-refractivity contribution in [3.05, 3.63) is 28.7 Å². The van der Waals surface area contributed by atoms with Gasteiger partial charge in [-0.1, -0.05) is 22.0 Å². The highest BCUT2D eigenvalue weighted by Crippen LogP contribution is 2.47. The molecule has 0 amide bonds. The first-order valence-electron chi connectivity index (χ1n) is 7.16. The topological polar surface area (TPSA) is 35.8 Å². The Morgan fingerprint density at radius 3 is 2.79 bits per heavy atom. The zero-order valence-electron chi connectivity index (χ0n) is 11.0. The number of halogens is 1. The third kappa shape index (κ3) is 2.95. The Kier molecular flexibility index (Phi) is 3.54. The predicted octanol–water partition coefficient (Wildman–Crippen LogP) is 4.72. The molecule has 0 saturated heterocycles. The highest BCUT2D eigenvalue weighted by Gasteiger charge is 2.42. The summed E-state index contributed by atoms with van der Waals surface area (Å²) in [6.45, 7) is 0. The number of nitrogens with one attached hydrogen (secondary N) is 1. The van der Waals surface area contributed by atoms with Crippen molar-refractivity contribution in [2.45, 2.75) is 44.1 Å². The van der Waals surface area contributed by atoms with Gasteiger partial charge in [-0.2, -0.15) is 5.26 Å². The number of hydrogen-bond donors (Lipinski definition) is 1. The smallest absolute Gasteiger partial charge is 0.125 e. The molecule has 3 rings (SSSR count). The minimum absolute atomic E-state index is 0.355. The van der Waals surface area contributed by atoms with E-state index >= 15 is 0 Å². The molecule has 2 nitrogen and oxygen atoms in total. The standard InChI is InChI=1S/C16H19BrN2/c17-14-4-1-5-15(9-14)19-16(11-18)8-2-3-13(10-16)12-6-7-12/h1,4-5,9,12-13,19H,2-3,6-8,10H2. The highest BCUT2D eigenvalue weighted by molar-refractivity contribution is 9.10. The first-order valence-corrected chi connectivity index (χ1v) is 7.95. The monoisotopic (exact) mass is 318 g/mol. The molecule has 0 aromatic heterocycles.